The molecule has 4 heteroatoms. The Morgan fingerprint density at radius 3 is 2.82 bits per heavy atom. The molecule has 1 aliphatic rings. The van der Waals surface area contributed by atoms with Crippen molar-refractivity contribution in [3.05, 3.63) is 29.3 Å². The molecule has 0 radical (unpaired) electrons. The Hall–Kier alpha value is -1.84. The van der Waals surface area contributed by atoms with Crippen LogP contribution in [0.2, 0.25) is 0 Å². The van der Waals surface area contributed by atoms with E-state index in [1.54, 1.807) is 0 Å². The maximum Gasteiger partial charge on any atom is 0.229 e. The van der Waals surface area contributed by atoms with Crippen molar-refractivity contribution >= 4 is 17.5 Å². The second-order valence-electron chi connectivity index (χ2n) is 4.51. The van der Waals surface area contributed by atoms with Crippen LogP contribution in [-0.2, 0) is 9.59 Å². The number of aryl methyl sites for hydroxylation is 2. The van der Waals surface area contributed by atoms with Gasteiger partial charge in [0.1, 0.15) is 0 Å². The molecule has 17 heavy (non-hydrogen) atoms. The van der Waals surface area contributed by atoms with E-state index in [1.807, 2.05) is 32.0 Å². The molecule has 90 valence electrons. The molecule has 1 aromatic rings. The summed E-state index contributed by atoms with van der Waals surface area (Å²) in [4.78, 5) is 23.0. The summed E-state index contributed by atoms with van der Waals surface area (Å²) >= 11 is 0. The van der Waals surface area contributed by atoms with Gasteiger partial charge in [0.15, 0.2) is 0 Å². The van der Waals surface area contributed by atoms with Gasteiger partial charge in [0.2, 0.25) is 11.8 Å². The van der Waals surface area contributed by atoms with Crippen molar-refractivity contribution in [1.82, 2.24) is 5.32 Å². The molecule has 0 aliphatic carbocycles. The fraction of sp³-hybridized carbons (Fsp3) is 0.385. The minimum atomic E-state index is -0.248. The number of nitrogens with one attached hydrogen (secondary N) is 2. The van der Waals surface area contributed by atoms with Gasteiger partial charge in [0, 0.05) is 18.7 Å². The first kappa shape index (κ1) is 11.6. The Bertz CT molecular complexity index is 468. The maximum atomic E-state index is 11.9. The van der Waals surface area contributed by atoms with Crippen LogP contribution in [0, 0.1) is 19.8 Å². The normalized spacial score (nSPS) is 18.9. The zero-order valence-electron chi connectivity index (χ0n) is 10.0. The van der Waals surface area contributed by atoms with Crippen LogP contribution in [0.5, 0.6) is 0 Å². The smallest absolute Gasteiger partial charge is 0.229 e. The van der Waals surface area contributed by atoms with Crippen LogP contribution in [0.3, 0.4) is 0 Å². The minimum absolute atomic E-state index is 0.0499. The van der Waals surface area contributed by atoms with E-state index in [9.17, 15) is 9.59 Å². The third-order valence-corrected chi connectivity index (χ3v) is 3.00. The predicted molar refractivity (Wildman–Crippen MR) is 65.7 cm³/mol. The van der Waals surface area contributed by atoms with E-state index in [1.165, 1.54) is 0 Å². The molecule has 2 rings (SSSR count). The topological polar surface area (TPSA) is 58.2 Å². The first-order valence-corrected chi connectivity index (χ1v) is 5.71. The van der Waals surface area contributed by atoms with Crippen LogP contribution in [0.4, 0.5) is 5.69 Å². The molecule has 0 spiro atoms. The lowest BCUT2D eigenvalue weighted by Crippen LogP contribution is -2.25. The quantitative estimate of drug-likeness (QED) is 0.809. The summed E-state index contributed by atoms with van der Waals surface area (Å²) in [7, 11) is 0. The average Bonchev–Trinajstić information content (AvgIpc) is 2.70. The van der Waals surface area contributed by atoms with Crippen LogP contribution in [-0.4, -0.2) is 18.4 Å². The number of hydrogen-bond acceptors (Lipinski definition) is 2. The van der Waals surface area contributed by atoms with E-state index in [0.717, 1.165) is 16.8 Å². The summed E-state index contributed by atoms with van der Waals surface area (Å²) < 4.78 is 0. The summed E-state index contributed by atoms with van der Waals surface area (Å²) in [5.74, 6) is -0.384. The van der Waals surface area contributed by atoms with E-state index in [0.29, 0.717) is 6.54 Å². The lowest BCUT2D eigenvalue weighted by atomic mass is 10.1. The predicted octanol–water partition coefficient (Wildman–Crippen LogP) is 1.38. The molecule has 2 amide bonds. The van der Waals surface area contributed by atoms with E-state index >= 15 is 0 Å². The number of anilines is 1. The van der Waals surface area contributed by atoms with E-state index < -0.39 is 0 Å². The first-order chi connectivity index (χ1) is 8.06. The van der Waals surface area contributed by atoms with Gasteiger partial charge in [-0.3, -0.25) is 9.59 Å². The molecule has 1 aromatic carbocycles. The zero-order chi connectivity index (χ0) is 12.4. The third-order valence-electron chi connectivity index (χ3n) is 3.00. The largest absolute Gasteiger partial charge is 0.355 e. The van der Waals surface area contributed by atoms with Crippen molar-refractivity contribution in [2.24, 2.45) is 5.92 Å². The van der Waals surface area contributed by atoms with Gasteiger partial charge in [-0.25, -0.2) is 0 Å². The van der Waals surface area contributed by atoms with Crippen LogP contribution >= 0.6 is 0 Å². The molecule has 2 N–H and O–H groups in total. The number of rotatable bonds is 2. The number of carbonyl (C=O) groups excluding carboxylic acids is 2. The Kier molecular flexibility index (Phi) is 3.13. The van der Waals surface area contributed by atoms with Gasteiger partial charge in [0.25, 0.3) is 0 Å². The average molecular weight is 232 g/mol. The summed E-state index contributed by atoms with van der Waals surface area (Å²) in [5, 5.41) is 5.54. The van der Waals surface area contributed by atoms with Gasteiger partial charge in [-0.2, -0.15) is 0 Å². The number of amides is 2. The van der Waals surface area contributed by atoms with Crippen molar-refractivity contribution in [3.63, 3.8) is 0 Å². The SMILES string of the molecule is Cc1ccc(C)c(NC(=O)C2CNC(=O)C2)c1. The Balaban J connectivity index is 2.07. The highest BCUT2D eigenvalue weighted by molar-refractivity contribution is 5.97. The highest BCUT2D eigenvalue weighted by atomic mass is 16.2. The summed E-state index contributed by atoms with van der Waals surface area (Å²) in [6.45, 7) is 4.37. The maximum absolute atomic E-state index is 11.9. The van der Waals surface area contributed by atoms with Crippen LogP contribution in [0.15, 0.2) is 18.2 Å². The highest BCUT2D eigenvalue weighted by Crippen LogP contribution is 2.18. The van der Waals surface area contributed by atoms with Crippen molar-refractivity contribution in [2.45, 2.75) is 20.3 Å². The molecule has 1 heterocycles. The van der Waals surface area contributed by atoms with Gasteiger partial charge in [-0.1, -0.05) is 12.1 Å². The number of carbonyl (C=O) groups is 2. The molecule has 1 saturated heterocycles. The van der Waals surface area contributed by atoms with Crippen LogP contribution < -0.4 is 10.6 Å². The van der Waals surface area contributed by atoms with Gasteiger partial charge < -0.3 is 10.6 Å². The number of hydrogen-bond donors (Lipinski definition) is 2. The Morgan fingerprint density at radius 2 is 2.18 bits per heavy atom. The minimum Gasteiger partial charge on any atom is -0.355 e. The van der Waals surface area contributed by atoms with Crippen molar-refractivity contribution in [3.8, 4) is 0 Å². The van der Waals surface area contributed by atoms with Gasteiger partial charge in [-0.05, 0) is 31.0 Å². The lowest BCUT2D eigenvalue weighted by Gasteiger charge is -2.12. The standard InChI is InChI=1S/C13H16N2O2/c1-8-3-4-9(2)11(5-8)15-13(17)10-6-12(16)14-7-10/h3-5,10H,6-7H2,1-2H3,(H,14,16)(H,15,17). The Morgan fingerprint density at radius 1 is 1.41 bits per heavy atom. The highest BCUT2D eigenvalue weighted by Gasteiger charge is 2.27. The fourth-order valence-electron chi connectivity index (χ4n) is 1.90. The lowest BCUT2D eigenvalue weighted by molar-refractivity contribution is -0.123. The molecule has 1 atom stereocenters. The molecule has 1 unspecified atom stereocenters. The van der Waals surface area contributed by atoms with Gasteiger partial charge >= 0.3 is 0 Å². The van der Waals surface area contributed by atoms with Crippen LogP contribution in [0.25, 0.3) is 0 Å². The zero-order valence-corrected chi connectivity index (χ0v) is 10.0. The monoisotopic (exact) mass is 232 g/mol. The van der Waals surface area contributed by atoms with E-state index in [4.69, 9.17) is 0 Å². The van der Waals surface area contributed by atoms with Gasteiger partial charge in [-0.15, -0.1) is 0 Å². The second kappa shape index (κ2) is 4.57. The molecule has 0 saturated carbocycles. The molecular weight excluding hydrogens is 216 g/mol. The van der Waals surface area contributed by atoms with Crippen molar-refractivity contribution < 1.29 is 9.59 Å². The molecule has 1 fully saturated rings. The summed E-state index contributed by atoms with van der Waals surface area (Å²) in [5.41, 5.74) is 2.96. The van der Waals surface area contributed by atoms with Crippen molar-refractivity contribution in [1.29, 1.82) is 0 Å². The van der Waals surface area contributed by atoms with Gasteiger partial charge in [0.05, 0.1) is 5.92 Å². The third kappa shape index (κ3) is 2.64. The molecule has 0 aromatic heterocycles. The van der Waals surface area contributed by atoms with E-state index in [-0.39, 0.29) is 24.2 Å². The fourth-order valence-corrected chi connectivity index (χ4v) is 1.90. The van der Waals surface area contributed by atoms with E-state index in [2.05, 4.69) is 10.6 Å². The van der Waals surface area contributed by atoms with Crippen LogP contribution in [0.1, 0.15) is 17.5 Å². The molecule has 0 bridgehead atoms. The number of benzene rings is 1. The van der Waals surface area contributed by atoms with Crippen molar-refractivity contribution in [2.75, 3.05) is 11.9 Å². The Labute approximate surface area is 100 Å². The summed E-state index contributed by atoms with van der Waals surface area (Å²) in [6, 6.07) is 5.92. The molecule has 4 nitrogen and oxygen atoms in total. The summed E-state index contributed by atoms with van der Waals surface area (Å²) in [6.07, 6.45) is 0.288. The molecular formula is C13H16N2O2. The first-order valence-electron chi connectivity index (χ1n) is 5.71. The second-order valence-corrected chi connectivity index (χ2v) is 4.51. The molecule has 1 aliphatic heterocycles.